The zero-order valence-electron chi connectivity index (χ0n) is 10.6. The van der Waals surface area contributed by atoms with Crippen molar-refractivity contribution in [2.24, 2.45) is 0 Å². The highest BCUT2D eigenvalue weighted by atomic mass is 19.1. The van der Waals surface area contributed by atoms with Crippen molar-refractivity contribution in [2.75, 3.05) is 0 Å². The molecule has 0 aliphatic heterocycles. The average Bonchev–Trinajstić information content (AvgIpc) is 2.64. The molecule has 0 radical (unpaired) electrons. The fraction of sp³-hybridized carbons (Fsp3) is 0.312. The van der Waals surface area contributed by atoms with Crippen LogP contribution in [0.3, 0.4) is 0 Å². The van der Waals surface area contributed by atoms with Gasteiger partial charge in [-0.2, -0.15) is 0 Å². The molecule has 0 fully saturated rings. The highest BCUT2D eigenvalue weighted by molar-refractivity contribution is 6.08. The number of allylic oxidation sites excluding steroid dienone is 2. The summed E-state index contributed by atoms with van der Waals surface area (Å²) >= 11 is 0. The first-order valence-electron chi connectivity index (χ1n) is 6.67. The summed E-state index contributed by atoms with van der Waals surface area (Å²) in [6, 6.07) is 5.91. The van der Waals surface area contributed by atoms with E-state index in [0.717, 1.165) is 31.3 Å². The Bertz CT molecular complexity index is 652. The predicted molar refractivity (Wildman–Crippen MR) is 71.7 cm³/mol. The van der Waals surface area contributed by atoms with E-state index < -0.39 is 0 Å². The Morgan fingerprint density at radius 1 is 1.16 bits per heavy atom. The molecule has 1 aromatic heterocycles. The zero-order valence-corrected chi connectivity index (χ0v) is 10.6. The van der Waals surface area contributed by atoms with Crippen molar-refractivity contribution >= 4 is 16.8 Å². The van der Waals surface area contributed by atoms with Gasteiger partial charge >= 0.3 is 0 Å². The van der Waals surface area contributed by atoms with Crippen LogP contribution in [0.1, 0.15) is 42.7 Å². The lowest BCUT2D eigenvalue weighted by atomic mass is 10.0. The van der Waals surface area contributed by atoms with E-state index in [1.165, 1.54) is 18.6 Å². The van der Waals surface area contributed by atoms with Gasteiger partial charge in [-0.15, -0.1) is 0 Å². The van der Waals surface area contributed by atoms with E-state index >= 15 is 0 Å². The van der Waals surface area contributed by atoms with E-state index in [1.807, 2.05) is 6.08 Å². The second kappa shape index (κ2) is 5.00. The molecule has 3 rings (SSSR count). The lowest BCUT2D eigenvalue weighted by Crippen LogP contribution is -2.01. The lowest BCUT2D eigenvalue weighted by molar-refractivity contribution is 0.100. The third kappa shape index (κ3) is 2.46. The van der Waals surface area contributed by atoms with E-state index in [2.05, 4.69) is 0 Å². The topological polar surface area (TPSA) is 30.2 Å². The van der Waals surface area contributed by atoms with Gasteiger partial charge in [-0.05, 0) is 55.5 Å². The second-order valence-electron chi connectivity index (χ2n) is 4.95. The van der Waals surface area contributed by atoms with Crippen LogP contribution in [-0.4, -0.2) is 5.78 Å². The van der Waals surface area contributed by atoms with Crippen LogP contribution >= 0.6 is 0 Å². The smallest absolute Gasteiger partial charge is 0.223 e. The number of ketones is 1. The lowest BCUT2D eigenvalue weighted by Gasteiger charge is -2.00. The third-order valence-electron chi connectivity index (χ3n) is 3.53. The van der Waals surface area contributed by atoms with Gasteiger partial charge in [0, 0.05) is 5.39 Å². The molecule has 0 unspecified atom stereocenters. The number of halogens is 1. The van der Waals surface area contributed by atoms with Gasteiger partial charge in [-0.3, -0.25) is 4.79 Å². The number of hydrogen-bond acceptors (Lipinski definition) is 2. The van der Waals surface area contributed by atoms with Crippen molar-refractivity contribution < 1.29 is 13.6 Å². The van der Waals surface area contributed by atoms with Crippen LogP contribution in [-0.2, 0) is 0 Å². The Labute approximate surface area is 110 Å². The van der Waals surface area contributed by atoms with Crippen LogP contribution in [0.15, 0.2) is 40.3 Å². The highest BCUT2D eigenvalue weighted by Crippen LogP contribution is 2.25. The fourth-order valence-corrected chi connectivity index (χ4v) is 2.51. The van der Waals surface area contributed by atoms with Crippen molar-refractivity contribution in [2.45, 2.75) is 32.1 Å². The predicted octanol–water partition coefficient (Wildman–Crippen LogP) is 4.65. The summed E-state index contributed by atoms with van der Waals surface area (Å²) in [5.74, 6) is -0.0618. The van der Waals surface area contributed by atoms with E-state index in [-0.39, 0.29) is 11.6 Å². The molecule has 2 nitrogen and oxygen atoms in total. The first-order valence-corrected chi connectivity index (χ1v) is 6.67. The monoisotopic (exact) mass is 258 g/mol. The Balaban J connectivity index is 1.94. The number of fused-ring (bicyclic) bond motifs is 1. The van der Waals surface area contributed by atoms with Gasteiger partial charge in [0.2, 0.25) is 5.78 Å². The Morgan fingerprint density at radius 2 is 2.05 bits per heavy atom. The molecule has 98 valence electrons. The van der Waals surface area contributed by atoms with E-state index in [4.69, 9.17) is 4.42 Å². The SMILES string of the molecule is O=C(C1=CCCCCC1)c1cc2cc(F)ccc2o1. The molecule has 0 spiro atoms. The quantitative estimate of drug-likeness (QED) is 0.734. The molecular formula is C16H15FO2. The summed E-state index contributed by atoms with van der Waals surface area (Å²) in [5, 5.41) is 0.637. The van der Waals surface area contributed by atoms with Gasteiger partial charge in [0.15, 0.2) is 5.76 Å². The number of rotatable bonds is 2. The van der Waals surface area contributed by atoms with Gasteiger partial charge in [-0.25, -0.2) is 4.39 Å². The van der Waals surface area contributed by atoms with E-state index in [0.29, 0.717) is 16.7 Å². The summed E-state index contributed by atoms with van der Waals surface area (Å²) in [7, 11) is 0. The van der Waals surface area contributed by atoms with Crippen molar-refractivity contribution in [1.29, 1.82) is 0 Å². The number of carbonyl (C=O) groups excluding carboxylic acids is 1. The third-order valence-corrected chi connectivity index (χ3v) is 3.53. The van der Waals surface area contributed by atoms with Crippen LogP contribution < -0.4 is 0 Å². The van der Waals surface area contributed by atoms with Crippen LogP contribution in [0.5, 0.6) is 0 Å². The van der Waals surface area contributed by atoms with Crippen molar-refractivity contribution in [1.82, 2.24) is 0 Å². The van der Waals surface area contributed by atoms with Gasteiger partial charge in [0.05, 0.1) is 0 Å². The summed E-state index contributed by atoms with van der Waals surface area (Å²) in [5.41, 5.74) is 1.39. The van der Waals surface area contributed by atoms with Crippen molar-refractivity contribution in [3.8, 4) is 0 Å². The summed E-state index contributed by atoms with van der Waals surface area (Å²) < 4.78 is 18.6. The number of carbonyl (C=O) groups is 1. The van der Waals surface area contributed by atoms with Crippen LogP contribution in [0.4, 0.5) is 4.39 Å². The summed E-state index contributed by atoms with van der Waals surface area (Å²) in [6.07, 6.45) is 7.14. The van der Waals surface area contributed by atoms with Crippen molar-refractivity contribution in [3.05, 3.63) is 47.5 Å². The molecule has 0 amide bonds. The van der Waals surface area contributed by atoms with Crippen LogP contribution in [0.2, 0.25) is 0 Å². The minimum Gasteiger partial charge on any atom is -0.453 e. The molecule has 0 saturated heterocycles. The Kier molecular flexibility index (Phi) is 3.20. The molecule has 1 aliphatic carbocycles. The Hall–Kier alpha value is -1.90. The Morgan fingerprint density at radius 3 is 2.95 bits per heavy atom. The first kappa shape index (κ1) is 12.2. The average molecular weight is 258 g/mol. The van der Waals surface area contributed by atoms with Crippen molar-refractivity contribution in [3.63, 3.8) is 0 Å². The van der Waals surface area contributed by atoms with Crippen LogP contribution in [0, 0.1) is 5.82 Å². The van der Waals surface area contributed by atoms with Gasteiger partial charge in [0.25, 0.3) is 0 Å². The van der Waals surface area contributed by atoms with Gasteiger partial charge in [-0.1, -0.05) is 12.5 Å². The molecule has 1 aromatic carbocycles. The zero-order chi connectivity index (χ0) is 13.2. The number of Topliss-reactive ketones (excluding diaryl/α,β-unsaturated/α-hetero) is 1. The maximum Gasteiger partial charge on any atom is 0.223 e. The minimum absolute atomic E-state index is 0.0569. The number of furan rings is 1. The molecule has 19 heavy (non-hydrogen) atoms. The van der Waals surface area contributed by atoms with Gasteiger partial charge < -0.3 is 4.42 Å². The molecule has 1 aliphatic rings. The number of hydrogen-bond donors (Lipinski definition) is 0. The fourth-order valence-electron chi connectivity index (χ4n) is 2.51. The van der Waals surface area contributed by atoms with Crippen LogP contribution in [0.25, 0.3) is 11.0 Å². The molecule has 0 N–H and O–H groups in total. The minimum atomic E-state index is -0.319. The highest BCUT2D eigenvalue weighted by Gasteiger charge is 2.18. The maximum atomic E-state index is 13.1. The molecule has 1 heterocycles. The first-order chi connectivity index (χ1) is 9.24. The molecule has 0 saturated carbocycles. The summed E-state index contributed by atoms with van der Waals surface area (Å²) in [6.45, 7) is 0. The maximum absolute atomic E-state index is 13.1. The second-order valence-corrected chi connectivity index (χ2v) is 4.95. The standard InChI is InChI=1S/C16H15FO2/c17-13-7-8-14-12(9-13)10-15(19-14)16(18)11-5-3-1-2-4-6-11/h5,7-10H,1-4,6H2. The van der Waals surface area contributed by atoms with Gasteiger partial charge in [0.1, 0.15) is 11.4 Å². The molecule has 0 bridgehead atoms. The molecule has 3 heteroatoms. The number of benzene rings is 1. The normalized spacial score (nSPS) is 16.2. The molecule has 2 aromatic rings. The van der Waals surface area contributed by atoms with E-state index in [1.54, 1.807) is 12.1 Å². The molecule has 0 atom stereocenters. The summed E-state index contributed by atoms with van der Waals surface area (Å²) in [4.78, 5) is 12.4. The largest absolute Gasteiger partial charge is 0.453 e. The van der Waals surface area contributed by atoms with E-state index in [9.17, 15) is 9.18 Å². The molecular weight excluding hydrogens is 243 g/mol.